The largest absolute Gasteiger partial charge is 0.481 e. The van der Waals surface area contributed by atoms with Crippen molar-refractivity contribution in [3.8, 4) is 0 Å². The summed E-state index contributed by atoms with van der Waals surface area (Å²) in [7, 11) is 0. The van der Waals surface area contributed by atoms with Crippen LogP contribution in [-0.2, 0) is 4.79 Å². The van der Waals surface area contributed by atoms with Crippen LogP contribution in [0.5, 0.6) is 0 Å². The van der Waals surface area contributed by atoms with Gasteiger partial charge in [-0.05, 0) is 56.5 Å². The van der Waals surface area contributed by atoms with Crippen LogP contribution >= 0.6 is 11.8 Å². The minimum atomic E-state index is -0.548. The van der Waals surface area contributed by atoms with E-state index in [2.05, 4.69) is 13.2 Å². The van der Waals surface area contributed by atoms with E-state index in [4.69, 9.17) is 0 Å². The molecule has 100 valence electrons. The zero-order valence-electron chi connectivity index (χ0n) is 11.2. The summed E-state index contributed by atoms with van der Waals surface area (Å²) < 4.78 is 0. The summed E-state index contributed by atoms with van der Waals surface area (Å²) in [6.45, 7) is 2.22. The molecule has 0 aromatic rings. The highest BCUT2D eigenvalue weighted by Crippen LogP contribution is 2.44. The molecular weight excluding hydrogens is 232 g/mol. The topological polar surface area (TPSA) is 37.3 Å². The van der Waals surface area contributed by atoms with E-state index in [9.17, 15) is 9.90 Å². The minimum absolute atomic E-state index is 0.389. The van der Waals surface area contributed by atoms with Crippen molar-refractivity contribution in [3.05, 3.63) is 0 Å². The lowest BCUT2D eigenvalue weighted by Gasteiger charge is -2.37. The van der Waals surface area contributed by atoms with Crippen molar-refractivity contribution in [1.82, 2.24) is 0 Å². The van der Waals surface area contributed by atoms with Gasteiger partial charge < -0.3 is 5.11 Å². The second-order valence-corrected chi connectivity index (χ2v) is 6.40. The van der Waals surface area contributed by atoms with Crippen molar-refractivity contribution in [1.29, 1.82) is 0 Å². The van der Waals surface area contributed by atoms with Gasteiger partial charge in [0.2, 0.25) is 0 Å². The maximum absolute atomic E-state index is 11.5. The Morgan fingerprint density at radius 1 is 1.41 bits per heavy atom. The molecule has 0 aliphatic heterocycles. The van der Waals surface area contributed by atoms with Crippen molar-refractivity contribution in [3.63, 3.8) is 0 Å². The summed E-state index contributed by atoms with van der Waals surface area (Å²) in [5.74, 6) is 1.33. The van der Waals surface area contributed by atoms with Crippen molar-refractivity contribution in [2.24, 2.45) is 11.3 Å². The first-order valence-corrected chi connectivity index (χ1v) is 8.26. The number of hydrogen-bond acceptors (Lipinski definition) is 2. The second kappa shape index (κ2) is 7.30. The lowest BCUT2D eigenvalue weighted by Crippen LogP contribution is -2.35. The number of thioether (sulfide) groups is 1. The lowest BCUT2D eigenvalue weighted by atomic mass is 9.67. The monoisotopic (exact) mass is 258 g/mol. The van der Waals surface area contributed by atoms with Gasteiger partial charge in [0.25, 0.3) is 0 Å². The molecule has 0 heterocycles. The molecule has 0 saturated heterocycles. The van der Waals surface area contributed by atoms with Crippen molar-refractivity contribution < 1.29 is 9.90 Å². The fourth-order valence-electron chi connectivity index (χ4n) is 3.05. The number of rotatable bonds is 7. The standard InChI is InChI=1S/C14H26O2S/c1-3-5-12-6-9-14(10-7-12,13(15)16)8-4-11-17-2/h12H,3-11H2,1-2H3,(H,15,16). The minimum Gasteiger partial charge on any atom is -0.481 e. The van der Waals surface area contributed by atoms with E-state index in [0.717, 1.165) is 50.2 Å². The maximum atomic E-state index is 11.5. The van der Waals surface area contributed by atoms with Crippen molar-refractivity contribution >= 4 is 17.7 Å². The highest BCUT2D eigenvalue weighted by molar-refractivity contribution is 7.98. The fourth-order valence-corrected chi connectivity index (χ4v) is 3.49. The number of aliphatic carboxylic acids is 1. The smallest absolute Gasteiger partial charge is 0.309 e. The summed E-state index contributed by atoms with van der Waals surface area (Å²) >= 11 is 1.82. The van der Waals surface area contributed by atoms with Crippen LogP contribution in [0.1, 0.15) is 58.3 Å². The molecule has 1 fully saturated rings. The second-order valence-electron chi connectivity index (χ2n) is 5.41. The number of hydrogen-bond donors (Lipinski definition) is 1. The Hall–Kier alpha value is -0.180. The molecular formula is C14H26O2S. The Balaban J connectivity index is 2.48. The highest BCUT2D eigenvalue weighted by Gasteiger charge is 2.40. The average molecular weight is 258 g/mol. The number of carbonyl (C=O) groups is 1. The summed E-state index contributed by atoms with van der Waals surface area (Å²) in [6.07, 6.45) is 10.6. The molecule has 0 atom stereocenters. The van der Waals surface area contributed by atoms with E-state index < -0.39 is 5.97 Å². The first-order valence-electron chi connectivity index (χ1n) is 6.87. The van der Waals surface area contributed by atoms with Crippen LogP contribution < -0.4 is 0 Å². The quantitative estimate of drug-likeness (QED) is 0.696. The molecule has 1 saturated carbocycles. The Bertz CT molecular complexity index is 232. The Morgan fingerprint density at radius 3 is 2.53 bits per heavy atom. The van der Waals surface area contributed by atoms with Crippen LogP contribution in [-0.4, -0.2) is 23.1 Å². The van der Waals surface area contributed by atoms with Gasteiger partial charge in [0.15, 0.2) is 0 Å². The molecule has 0 radical (unpaired) electrons. The molecule has 2 nitrogen and oxygen atoms in total. The third-order valence-electron chi connectivity index (χ3n) is 4.22. The molecule has 1 rings (SSSR count). The van der Waals surface area contributed by atoms with Gasteiger partial charge in [-0.2, -0.15) is 11.8 Å². The van der Waals surface area contributed by atoms with Crippen molar-refractivity contribution in [2.45, 2.75) is 58.3 Å². The van der Waals surface area contributed by atoms with Crippen LogP contribution in [0.2, 0.25) is 0 Å². The Kier molecular flexibility index (Phi) is 6.39. The van der Waals surface area contributed by atoms with Crippen LogP contribution in [0.3, 0.4) is 0 Å². The first-order chi connectivity index (χ1) is 8.14. The van der Waals surface area contributed by atoms with Gasteiger partial charge in [-0.1, -0.05) is 19.8 Å². The Morgan fingerprint density at radius 2 is 2.06 bits per heavy atom. The molecule has 17 heavy (non-hydrogen) atoms. The van der Waals surface area contributed by atoms with Crippen LogP contribution in [0, 0.1) is 11.3 Å². The predicted octanol–water partition coefficient (Wildman–Crippen LogP) is 4.19. The van der Waals surface area contributed by atoms with Gasteiger partial charge in [0.1, 0.15) is 0 Å². The van der Waals surface area contributed by atoms with Gasteiger partial charge in [0, 0.05) is 0 Å². The van der Waals surface area contributed by atoms with Crippen molar-refractivity contribution in [2.75, 3.05) is 12.0 Å². The molecule has 0 amide bonds. The molecule has 1 aliphatic carbocycles. The van der Waals surface area contributed by atoms with E-state index in [1.54, 1.807) is 0 Å². The van der Waals surface area contributed by atoms with Gasteiger partial charge in [0.05, 0.1) is 5.41 Å². The van der Waals surface area contributed by atoms with E-state index in [0.29, 0.717) is 0 Å². The van der Waals surface area contributed by atoms with Gasteiger partial charge >= 0.3 is 5.97 Å². The zero-order valence-corrected chi connectivity index (χ0v) is 12.0. The molecule has 0 bridgehead atoms. The summed E-state index contributed by atoms with van der Waals surface area (Å²) in [4.78, 5) is 11.5. The molecule has 3 heteroatoms. The van der Waals surface area contributed by atoms with E-state index in [1.807, 2.05) is 11.8 Å². The summed E-state index contributed by atoms with van der Waals surface area (Å²) in [5, 5.41) is 9.50. The molecule has 1 aliphatic rings. The van der Waals surface area contributed by atoms with Crippen LogP contribution in [0.25, 0.3) is 0 Å². The normalized spacial score (nSPS) is 29.2. The van der Waals surface area contributed by atoms with Gasteiger partial charge in [-0.25, -0.2) is 0 Å². The molecule has 0 unspecified atom stereocenters. The predicted molar refractivity (Wildman–Crippen MR) is 74.6 cm³/mol. The number of carboxylic acids is 1. The fraction of sp³-hybridized carbons (Fsp3) is 0.929. The van der Waals surface area contributed by atoms with Gasteiger partial charge in [-0.15, -0.1) is 0 Å². The first kappa shape index (κ1) is 14.9. The van der Waals surface area contributed by atoms with Gasteiger partial charge in [-0.3, -0.25) is 4.79 Å². The molecule has 1 N–H and O–H groups in total. The van der Waals surface area contributed by atoms with Crippen LogP contribution in [0.4, 0.5) is 0 Å². The molecule has 0 aromatic carbocycles. The number of carboxylic acid groups (broad SMARTS) is 1. The summed E-state index contributed by atoms with van der Waals surface area (Å²) in [6, 6.07) is 0. The Labute approximate surface area is 110 Å². The molecule has 0 aromatic heterocycles. The highest BCUT2D eigenvalue weighted by atomic mass is 32.2. The van der Waals surface area contributed by atoms with E-state index in [-0.39, 0.29) is 5.41 Å². The van der Waals surface area contributed by atoms with E-state index >= 15 is 0 Å². The van der Waals surface area contributed by atoms with E-state index in [1.165, 1.54) is 12.8 Å². The lowest BCUT2D eigenvalue weighted by molar-refractivity contribution is -0.152. The third-order valence-corrected chi connectivity index (χ3v) is 4.91. The molecule has 0 spiro atoms. The zero-order chi connectivity index (χ0) is 12.7. The average Bonchev–Trinajstić information content (AvgIpc) is 2.32. The van der Waals surface area contributed by atoms with Crippen LogP contribution in [0.15, 0.2) is 0 Å². The maximum Gasteiger partial charge on any atom is 0.309 e. The summed E-state index contributed by atoms with van der Waals surface area (Å²) in [5.41, 5.74) is -0.389. The SMILES string of the molecule is CCCC1CCC(CCCSC)(C(=O)O)CC1. The third kappa shape index (κ3) is 4.20.